The maximum atomic E-state index is 2.43. The van der Waals surface area contributed by atoms with Gasteiger partial charge in [0.2, 0.25) is 0 Å². The molecule has 0 spiro atoms. The van der Waals surface area contributed by atoms with Crippen LogP contribution in [0.2, 0.25) is 0 Å². The Morgan fingerprint density at radius 1 is 1.42 bits per heavy atom. The number of allylic oxidation sites excluding steroid dienone is 4. The summed E-state index contributed by atoms with van der Waals surface area (Å²) in [5.41, 5.74) is 3.13. The van der Waals surface area contributed by atoms with E-state index in [1.54, 1.807) is 5.57 Å². The van der Waals surface area contributed by atoms with E-state index in [1.165, 1.54) is 31.3 Å². The smallest absolute Gasteiger partial charge is 0.0194 e. The molecule has 0 aromatic carbocycles. The van der Waals surface area contributed by atoms with E-state index in [2.05, 4.69) is 32.9 Å². The van der Waals surface area contributed by atoms with Gasteiger partial charge in [0.1, 0.15) is 0 Å². The van der Waals surface area contributed by atoms with E-state index < -0.39 is 0 Å². The highest BCUT2D eigenvalue weighted by molar-refractivity contribution is 5.21. The van der Waals surface area contributed by atoms with E-state index in [1.807, 2.05) is 0 Å². The third kappa shape index (κ3) is 3.75. The Bertz CT molecular complexity index is 192. The Morgan fingerprint density at radius 3 is 2.58 bits per heavy atom. The first-order valence-corrected chi connectivity index (χ1v) is 5.02. The fourth-order valence-electron chi connectivity index (χ4n) is 1.38. The molecule has 1 atom stereocenters. The van der Waals surface area contributed by atoms with Gasteiger partial charge in [-0.2, -0.15) is 0 Å². The van der Waals surface area contributed by atoms with Gasteiger partial charge in [0, 0.05) is 0 Å². The van der Waals surface area contributed by atoms with Gasteiger partial charge in [-0.1, -0.05) is 30.2 Å². The molecule has 1 aliphatic rings. The maximum Gasteiger partial charge on any atom is -0.0194 e. The third-order valence-corrected chi connectivity index (χ3v) is 2.38. The lowest BCUT2D eigenvalue weighted by Gasteiger charge is -1.91. The standard InChI is InChI=1S/C12H20/c1-10(2)7-5-4-6-8-12-9-11(12)3/h7-8,11H,4-6,9H2,1-3H3. The summed E-state index contributed by atoms with van der Waals surface area (Å²) in [4.78, 5) is 0. The van der Waals surface area contributed by atoms with E-state index in [0.717, 1.165) is 5.92 Å². The number of hydrogen-bond donors (Lipinski definition) is 0. The van der Waals surface area contributed by atoms with E-state index in [0.29, 0.717) is 0 Å². The first kappa shape index (κ1) is 9.57. The van der Waals surface area contributed by atoms with Crippen LogP contribution < -0.4 is 0 Å². The van der Waals surface area contributed by atoms with Gasteiger partial charge in [0.25, 0.3) is 0 Å². The van der Waals surface area contributed by atoms with Crippen LogP contribution in [0.1, 0.15) is 46.5 Å². The number of hydrogen-bond acceptors (Lipinski definition) is 0. The van der Waals surface area contributed by atoms with E-state index >= 15 is 0 Å². The van der Waals surface area contributed by atoms with Crippen LogP contribution in [-0.2, 0) is 0 Å². The first-order chi connectivity index (χ1) is 5.70. The van der Waals surface area contributed by atoms with Crippen LogP contribution in [0.3, 0.4) is 0 Å². The summed E-state index contributed by atoms with van der Waals surface area (Å²) in [6.07, 6.45) is 9.98. The summed E-state index contributed by atoms with van der Waals surface area (Å²) >= 11 is 0. The van der Waals surface area contributed by atoms with Crippen molar-refractivity contribution in [2.75, 3.05) is 0 Å². The van der Waals surface area contributed by atoms with Crippen molar-refractivity contribution < 1.29 is 0 Å². The second-order valence-electron chi connectivity index (χ2n) is 4.10. The molecule has 0 saturated heterocycles. The molecule has 0 bridgehead atoms. The minimum Gasteiger partial charge on any atom is -0.0859 e. The Kier molecular flexibility index (Phi) is 3.58. The predicted octanol–water partition coefficient (Wildman–Crippen LogP) is 4.09. The third-order valence-electron chi connectivity index (χ3n) is 2.38. The normalized spacial score (nSPS) is 24.2. The fraction of sp³-hybridized carbons (Fsp3) is 0.667. The van der Waals surface area contributed by atoms with Crippen molar-refractivity contribution in [2.45, 2.75) is 46.5 Å². The zero-order valence-electron chi connectivity index (χ0n) is 8.56. The Labute approximate surface area is 76.4 Å². The zero-order chi connectivity index (χ0) is 8.97. The lowest BCUT2D eigenvalue weighted by Crippen LogP contribution is -1.71. The lowest BCUT2D eigenvalue weighted by atomic mass is 10.2. The number of rotatable bonds is 4. The molecule has 68 valence electrons. The van der Waals surface area contributed by atoms with Gasteiger partial charge < -0.3 is 0 Å². The second kappa shape index (κ2) is 4.49. The molecule has 1 saturated carbocycles. The van der Waals surface area contributed by atoms with Crippen molar-refractivity contribution in [1.82, 2.24) is 0 Å². The Morgan fingerprint density at radius 2 is 2.08 bits per heavy atom. The van der Waals surface area contributed by atoms with Crippen LogP contribution in [-0.4, -0.2) is 0 Å². The van der Waals surface area contributed by atoms with Crippen LogP contribution in [0, 0.1) is 5.92 Å². The summed E-state index contributed by atoms with van der Waals surface area (Å²) in [5.74, 6) is 0.911. The molecular weight excluding hydrogens is 144 g/mol. The van der Waals surface area contributed by atoms with Gasteiger partial charge in [0.15, 0.2) is 0 Å². The highest BCUT2D eigenvalue weighted by Gasteiger charge is 2.22. The van der Waals surface area contributed by atoms with Crippen molar-refractivity contribution in [3.63, 3.8) is 0 Å². The van der Waals surface area contributed by atoms with Crippen molar-refractivity contribution in [1.29, 1.82) is 0 Å². The van der Waals surface area contributed by atoms with Crippen LogP contribution >= 0.6 is 0 Å². The topological polar surface area (TPSA) is 0 Å². The van der Waals surface area contributed by atoms with Gasteiger partial charge in [-0.25, -0.2) is 0 Å². The first-order valence-electron chi connectivity index (χ1n) is 5.02. The zero-order valence-corrected chi connectivity index (χ0v) is 8.56. The van der Waals surface area contributed by atoms with E-state index in [4.69, 9.17) is 0 Å². The van der Waals surface area contributed by atoms with E-state index in [9.17, 15) is 0 Å². The summed E-state index contributed by atoms with van der Waals surface area (Å²) < 4.78 is 0. The van der Waals surface area contributed by atoms with E-state index in [-0.39, 0.29) is 0 Å². The minimum atomic E-state index is 0.911. The molecule has 0 aromatic heterocycles. The molecule has 0 radical (unpaired) electrons. The van der Waals surface area contributed by atoms with Crippen molar-refractivity contribution in [3.8, 4) is 0 Å². The van der Waals surface area contributed by atoms with Crippen molar-refractivity contribution in [2.24, 2.45) is 5.92 Å². The average Bonchev–Trinajstić information content (AvgIpc) is 2.65. The van der Waals surface area contributed by atoms with Crippen LogP contribution in [0.5, 0.6) is 0 Å². The highest BCUT2D eigenvalue weighted by Crippen LogP contribution is 2.37. The van der Waals surface area contributed by atoms with Gasteiger partial charge in [0.05, 0.1) is 0 Å². The molecule has 0 N–H and O–H groups in total. The van der Waals surface area contributed by atoms with Crippen LogP contribution in [0.15, 0.2) is 23.3 Å². The minimum absolute atomic E-state index is 0.911. The highest BCUT2D eigenvalue weighted by atomic mass is 14.3. The monoisotopic (exact) mass is 164 g/mol. The molecule has 0 aliphatic heterocycles. The molecule has 0 nitrogen and oxygen atoms in total. The molecular formula is C12H20. The van der Waals surface area contributed by atoms with Crippen LogP contribution in [0.4, 0.5) is 0 Å². The molecule has 12 heavy (non-hydrogen) atoms. The maximum absolute atomic E-state index is 2.43. The molecule has 1 aliphatic carbocycles. The van der Waals surface area contributed by atoms with Gasteiger partial charge in [-0.3, -0.25) is 0 Å². The molecule has 0 heteroatoms. The predicted molar refractivity (Wildman–Crippen MR) is 55.1 cm³/mol. The van der Waals surface area contributed by atoms with Gasteiger partial charge in [-0.05, 0) is 45.4 Å². The second-order valence-corrected chi connectivity index (χ2v) is 4.10. The Hall–Kier alpha value is -0.520. The number of unbranched alkanes of at least 4 members (excludes halogenated alkanes) is 2. The molecule has 1 rings (SSSR count). The lowest BCUT2D eigenvalue weighted by molar-refractivity contribution is 0.858. The summed E-state index contributed by atoms with van der Waals surface area (Å²) in [6, 6.07) is 0. The largest absolute Gasteiger partial charge is 0.0859 e. The summed E-state index contributed by atoms with van der Waals surface area (Å²) in [7, 11) is 0. The SMILES string of the molecule is CC(C)=CCCCC=C1CC1C. The summed E-state index contributed by atoms with van der Waals surface area (Å²) in [5, 5.41) is 0. The molecule has 1 fully saturated rings. The molecule has 0 amide bonds. The van der Waals surface area contributed by atoms with Crippen molar-refractivity contribution >= 4 is 0 Å². The Balaban J connectivity index is 2.00. The molecule has 1 unspecified atom stereocenters. The average molecular weight is 164 g/mol. The van der Waals surface area contributed by atoms with Gasteiger partial charge in [-0.15, -0.1) is 0 Å². The van der Waals surface area contributed by atoms with Gasteiger partial charge >= 0.3 is 0 Å². The van der Waals surface area contributed by atoms with Crippen molar-refractivity contribution in [3.05, 3.63) is 23.3 Å². The molecule has 0 heterocycles. The quantitative estimate of drug-likeness (QED) is 0.433. The van der Waals surface area contributed by atoms with Crippen LogP contribution in [0.25, 0.3) is 0 Å². The molecule has 0 aromatic rings. The fourth-order valence-corrected chi connectivity index (χ4v) is 1.38. The summed E-state index contributed by atoms with van der Waals surface area (Å²) in [6.45, 7) is 6.64.